The van der Waals surface area contributed by atoms with Gasteiger partial charge in [0.05, 0.1) is 11.1 Å². The van der Waals surface area contributed by atoms with Crippen molar-refractivity contribution in [3.8, 4) is 0 Å². The van der Waals surface area contributed by atoms with Gasteiger partial charge in [-0.1, -0.05) is 30.0 Å². The van der Waals surface area contributed by atoms with Crippen LogP contribution in [0, 0.1) is 0 Å². The van der Waals surface area contributed by atoms with Crippen LogP contribution < -0.4 is 5.32 Å². The minimum atomic E-state index is 0.712. The van der Waals surface area contributed by atoms with Crippen molar-refractivity contribution in [3.05, 3.63) is 22.8 Å². The minimum absolute atomic E-state index is 0.712. The van der Waals surface area contributed by atoms with Crippen molar-refractivity contribution < 1.29 is 0 Å². The summed E-state index contributed by atoms with van der Waals surface area (Å²) in [6, 6.07) is 2.07. The maximum Gasteiger partial charge on any atom is 0.174 e. The van der Waals surface area contributed by atoms with E-state index in [1.54, 1.807) is 28.6 Å². The Balaban J connectivity index is 1.83. The maximum atomic E-state index is 4.63. The number of nitrogens with one attached hydrogen (secondary N) is 1. The first-order valence-corrected chi connectivity index (χ1v) is 8.98. The van der Waals surface area contributed by atoms with Crippen molar-refractivity contribution in [1.29, 1.82) is 0 Å². The molecule has 0 aliphatic rings. The third kappa shape index (κ3) is 3.08. The second-order valence-electron chi connectivity index (χ2n) is 4.05. The lowest BCUT2D eigenvalue weighted by Crippen LogP contribution is -2.05. The number of nitrogens with zero attached hydrogens (tertiary/aromatic N) is 4. The minimum Gasteiger partial charge on any atom is -0.369 e. The van der Waals surface area contributed by atoms with Crippen molar-refractivity contribution in [2.24, 2.45) is 0 Å². The zero-order valence-corrected chi connectivity index (χ0v) is 13.3. The molecule has 3 aromatic rings. The maximum absolute atomic E-state index is 4.63. The van der Waals surface area contributed by atoms with Crippen LogP contribution in [0.2, 0.25) is 0 Å². The van der Waals surface area contributed by atoms with E-state index >= 15 is 0 Å². The first-order valence-electron chi connectivity index (χ1n) is 6.23. The molecule has 20 heavy (non-hydrogen) atoms. The molecular formula is C12H13N5S3. The third-order valence-electron chi connectivity index (χ3n) is 2.58. The Kier molecular flexibility index (Phi) is 4.44. The molecule has 0 spiro atoms. The van der Waals surface area contributed by atoms with E-state index in [4.69, 9.17) is 0 Å². The number of thioether (sulfide) groups is 1. The first-order chi connectivity index (χ1) is 9.86. The Hall–Kier alpha value is -1.25. The van der Waals surface area contributed by atoms with Crippen molar-refractivity contribution in [3.63, 3.8) is 0 Å². The van der Waals surface area contributed by atoms with E-state index < -0.39 is 0 Å². The lowest BCUT2D eigenvalue weighted by molar-refractivity contribution is 0.960. The van der Waals surface area contributed by atoms with Crippen LogP contribution >= 0.6 is 34.4 Å². The van der Waals surface area contributed by atoms with Gasteiger partial charge in [0.1, 0.15) is 22.0 Å². The number of thiophene rings is 1. The van der Waals surface area contributed by atoms with Crippen LogP contribution in [0.1, 0.15) is 19.2 Å². The number of fused-ring (bicyclic) bond motifs is 1. The molecule has 104 valence electrons. The van der Waals surface area contributed by atoms with Gasteiger partial charge in [0, 0.05) is 6.54 Å². The second kappa shape index (κ2) is 6.47. The van der Waals surface area contributed by atoms with E-state index in [0.717, 1.165) is 39.2 Å². The number of hydrogen-bond donors (Lipinski definition) is 1. The van der Waals surface area contributed by atoms with E-state index in [1.165, 1.54) is 11.3 Å². The molecule has 0 aliphatic carbocycles. The van der Waals surface area contributed by atoms with Gasteiger partial charge >= 0.3 is 0 Å². The van der Waals surface area contributed by atoms with Crippen molar-refractivity contribution in [2.45, 2.75) is 23.4 Å². The van der Waals surface area contributed by atoms with Gasteiger partial charge in [0.2, 0.25) is 0 Å². The largest absolute Gasteiger partial charge is 0.369 e. The Morgan fingerprint density at radius 2 is 2.25 bits per heavy atom. The topological polar surface area (TPSA) is 63.6 Å². The van der Waals surface area contributed by atoms with Gasteiger partial charge in [-0.15, -0.1) is 21.5 Å². The third-order valence-corrected chi connectivity index (χ3v) is 5.24. The molecule has 8 heteroatoms. The first kappa shape index (κ1) is 13.7. The molecule has 0 bridgehead atoms. The van der Waals surface area contributed by atoms with E-state index in [-0.39, 0.29) is 0 Å². The van der Waals surface area contributed by atoms with Gasteiger partial charge < -0.3 is 5.32 Å². The van der Waals surface area contributed by atoms with Crippen molar-refractivity contribution in [1.82, 2.24) is 20.2 Å². The van der Waals surface area contributed by atoms with Gasteiger partial charge in [-0.05, 0) is 17.9 Å². The number of rotatable bonds is 6. The highest BCUT2D eigenvalue weighted by Gasteiger charge is 2.09. The van der Waals surface area contributed by atoms with Crippen molar-refractivity contribution in [2.75, 3.05) is 11.9 Å². The molecule has 3 aromatic heterocycles. The highest BCUT2D eigenvalue weighted by Crippen LogP contribution is 2.28. The SMILES string of the molecule is CCCNc1nc(CSc2nncs2)nc2sccc12. The molecule has 0 amide bonds. The van der Waals surface area contributed by atoms with E-state index in [0.29, 0.717) is 5.75 Å². The Morgan fingerprint density at radius 3 is 3.05 bits per heavy atom. The summed E-state index contributed by atoms with van der Waals surface area (Å²) in [4.78, 5) is 10.3. The van der Waals surface area contributed by atoms with E-state index in [2.05, 4.69) is 43.9 Å². The van der Waals surface area contributed by atoms with Gasteiger partial charge in [0.25, 0.3) is 0 Å². The molecule has 3 heterocycles. The molecule has 0 saturated carbocycles. The standard InChI is InChI=1S/C12H13N5S3/c1-2-4-13-10-8-3-5-18-11(8)16-9(15-10)6-19-12-17-14-7-20-12/h3,5,7H,2,4,6H2,1H3,(H,13,15,16). The van der Waals surface area contributed by atoms with Gasteiger partial charge in [0.15, 0.2) is 4.34 Å². The van der Waals surface area contributed by atoms with Crippen LogP contribution in [-0.2, 0) is 5.75 Å². The van der Waals surface area contributed by atoms with Crippen LogP contribution in [0.3, 0.4) is 0 Å². The molecule has 0 aromatic carbocycles. The lowest BCUT2D eigenvalue weighted by Gasteiger charge is -2.07. The molecular weight excluding hydrogens is 310 g/mol. The van der Waals surface area contributed by atoms with E-state index in [9.17, 15) is 0 Å². The fourth-order valence-corrected chi connectivity index (χ4v) is 3.82. The summed E-state index contributed by atoms with van der Waals surface area (Å²) < 4.78 is 0.947. The molecule has 0 aliphatic heterocycles. The molecule has 5 nitrogen and oxygen atoms in total. The summed E-state index contributed by atoms with van der Waals surface area (Å²) >= 11 is 4.81. The van der Waals surface area contributed by atoms with Gasteiger partial charge in [-0.25, -0.2) is 9.97 Å². The number of aromatic nitrogens is 4. The molecule has 1 N–H and O–H groups in total. The highest BCUT2D eigenvalue weighted by atomic mass is 32.2. The molecule has 0 radical (unpaired) electrons. The number of hydrogen-bond acceptors (Lipinski definition) is 8. The van der Waals surface area contributed by atoms with Crippen LogP contribution in [0.5, 0.6) is 0 Å². The summed E-state index contributed by atoms with van der Waals surface area (Å²) in [7, 11) is 0. The summed E-state index contributed by atoms with van der Waals surface area (Å²) in [6.07, 6.45) is 1.07. The Bertz CT molecular complexity index is 680. The molecule has 0 fully saturated rings. The average Bonchev–Trinajstić information content (AvgIpc) is 3.13. The molecule has 0 unspecified atom stereocenters. The van der Waals surface area contributed by atoms with Crippen molar-refractivity contribution >= 4 is 50.5 Å². The van der Waals surface area contributed by atoms with Crippen LogP contribution in [0.25, 0.3) is 10.2 Å². The summed E-state index contributed by atoms with van der Waals surface area (Å²) in [5.41, 5.74) is 1.74. The Morgan fingerprint density at radius 1 is 1.30 bits per heavy atom. The summed E-state index contributed by atoms with van der Waals surface area (Å²) in [5.74, 6) is 2.48. The highest BCUT2D eigenvalue weighted by molar-refractivity contribution is 8.00. The zero-order chi connectivity index (χ0) is 13.8. The van der Waals surface area contributed by atoms with E-state index in [1.807, 2.05) is 0 Å². The zero-order valence-electron chi connectivity index (χ0n) is 10.9. The van der Waals surface area contributed by atoms with Gasteiger partial charge in [-0.3, -0.25) is 0 Å². The predicted molar refractivity (Wildman–Crippen MR) is 85.7 cm³/mol. The second-order valence-corrected chi connectivity index (χ2v) is 7.00. The average molecular weight is 323 g/mol. The summed E-state index contributed by atoms with van der Waals surface area (Å²) in [5, 5.41) is 14.4. The Labute approximate surface area is 128 Å². The molecule has 0 atom stereocenters. The van der Waals surface area contributed by atoms with Crippen LogP contribution in [0.15, 0.2) is 21.3 Å². The number of anilines is 1. The monoisotopic (exact) mass is 323 g/mol. The van der Waals surface area contributed by atoms with Crippen LogP contribution in [0.4, 0.5) is 5.82 Å². The normalized spacial score (nSPS) is 11.1. The fraction of sp³-hybridized carbons (Fsp3) is 0.333. The lowest BCUT2D eigenvalue weighted by atomic mass is 10.3. The van der Waals surface area contributed by atoms with Crippen LogP contribution in [-0.4, -0.2) is 26.7 Å². The predicted octanol–water partition coefficient (Wildman–Crippen LogP) is 3.66. The van der Waals surface area contributed by atoms with Gasteiger partial charge in [-0.2, -0.15) is 0 Å². The fourth-order valence-electron chi connectivity index (χ4n) is 1.69. The smallest absolute Gasteiger partial charge is 0.174 e. The molecule has 0 saturated heterocycles. The molecule has 3 rings (SSSR count). The summed E-state index contributed by atoms with van der Waals surface area (Å²) in [6.45, 7) is 3.07. The quantitative estimate of drug-likeness (QED) is 0.699.